The first kappa shape index (κ1) is 28.9. The van der Waals surface area contributed by atoms with E-state index in [1.54, 1.807) is 0 Å². The first-order valence-corrected chi connectivity index (χ1v) is 14.8. The Bertz CT molecular complexity index is 997. The van der Waals surface area contributed by atoms with Crippen LogP contribution in [0.1, 0.15) is 71.3 Å². The van der Waals surface area contributed by atoms with E-state index in [0.717, 1.165) is 50.2 Å². The van der Waals surface area contributed by atoms with Gasteiger partial charge in [-0.3, -0.25) is 4.90 Å². The van der Waals surface area contributed by atoms with E-state index >= 15 is 0 Å². The predicted molar refractivity (Wildman–Crippen MR) is 155 cm³/mol. The number of hydrogen-bond acceptors (Lipinski definition) is 5. The van der Waals surface area contributed by atoms with Crippen molar-refractivity contribution < 1.29 is 14.3 Å². The van der Waals surface area contributed by atoms with Crippen LogP contribution < -0.4 is 10.1 Å². The van der Waals surface area contributed by atoms with Gasteiger partial charge in [0.05, 0.1) is 6.61 Å². The Morgan fingerprint density at radius 2 is 1.71 bits per heavy atom. The number of benzene rings is 2. The molecule has 0 aromatic heterocycles. The van der Waals surface area contributed by atoms with Crippen LogP contribution in [0.5, 0.6) is 5.75 Å². The van der Waals surface area contributed by atoms with Crippen molar-refractivity contribution in [2.75, 3.05) is 32.8 Å². The van der Waals surface area contributed by atoms with E-state index in [4.69, 9.17) is 21.1 Å². The number of rotatable bonds is 12. The summed E-state index contributed by atoms with van der Waals surface area (Å²) < 4.78 is 12.3. The molecule has 2 aliphatic rings. The Morgan fingerprint density at radius 1 is 1.05 bits per heavy atom. The maximum absolute atomic E-state index is 14.1. The predicted octanol–water partition coefficient (Wildman–Crippen LogP) is 6.84. The highest BCUT2D eigenvalue weighted by atomic mass is 35.5. The Hall–Kier alpha value is -2.08. The largest absolute Gasteiger partial charge is 0.494 e. The highest BCUT2D eigenvalue weighted by molar-refractivity contribution is 6.30. The summed E-state index contributed by atoms with van der Waals surface area (Å²) in [6, 6.07) is 17.6. The fourth-order valence-electron chi connectivity index (χ4n) is 5.89. The normalized spacial score (nSPS) is 20.5. The Kier molecular flexibility index (Phi) is 10.1. The van der Waals surface area contributed by atoms with Gasteiger partial charge in [0.15, 0.2) is 0 Å². The van der Waals surface area contributed by atoms with Gasteiger partial charge in [-0.2, -0.15) is 0 Å². The van der Waals surface area contributed by atoms with Crippen molar-refractivity contribution in [1.29, 1.82) is 0 Å². The smallest absolute Gasteiger partial charge is 0.331 e. The third-order valence-corrected chi connectivity index (χ3v) is 8.47. The van der Waals surface area contributed by atoms with Crippen molar-refractivity contribution in [1.82, 2.24) is 10.2 Å². The van der Waals surface area contributed by atoms with Crippen molar-refractivity contribution in [3.8, 4) is 5.75 Å². The summed E-state index contributed by atoms with van der Waals surface area (Å²) in [5, 5.41) is 4.25. The maximum atomic E-state index is 14.1. The lowest BCUT2D eigenvalue weighted by atomic mass is 9.77. The number of ether oxygens (including phenoxy) is 2. The van der Waals surface area contributed by atoms with Crippen LogP contribution >= 0.6 is 11.6 Å². The lowest BCUT2D eigenvalue weighted by Crippen LogP contribution is -2.64. The molecule has 0 amide bonds. The lowest BCUT2D eigenvalue weighted by Gasteiger charge is -2.54. The maximum Gasteiger partial charge on any atom is 0.331 e. The highest BCUT2D eigenvalue weighted by Gasteiger charge is 2.51. The number of halogens is 1. The molecule has 6 heteroatoms. The monoisotopic (exact) mass is 540 g/mol. The molecule has 208 valence electrons. The summed E-state index contributed by atoms with van der Waals surface area (Å²) in [4.78, 5) is 16.3. The molecule has 0 bridgehead atoms. The first-order chi connectivity index (χ1) is 18.3. The molecule has 4 rings (SSSR count). The minimum Gasteiger partial charge on any atom is -0.494 e. The van der Waals surface area contributed by atoms with Gasteiger partial charge in [0.1, 0.15) is 17.4 Å². The molecule has 0 spiro atoms. The van der Waals surface area contributed by atoms with Crippen molar-refractivity contribution in [3.63, 3.8) is 0 Å². The fourth-order valence-corrected chi connectivity index (χ4v) is 6.02. The molecule has 0 radical (unpaired) electrons. The fraction of sp³-hybridized carbons (Fsp3) is 0.594. The zero-order valence-corrected chi connectivity index (χ0v) is 24.1. The molecular weight excluding hydrogens is 496 g/mol. The van der Waals surface area contributed by atoms with Crippen LogP contribution in [0.3, 0.4) is 0 Å². The van der Waals surface area contributed by atoms with Gasteiger partial charge >= 0.3 is 5.97 Å². The number of esters is 1. The van der Waals surface area contributed by atoms with E-state index in [1.165, 1.54) is 25.7 Å². The zero-order valence-electron chi connectivity index (χ0n) is 23.4. The number of carbonyl (C=O) groups is 1. The van der Waals surface area contributed by atoms with E-state index in [-0.39, 0.29) is 17.5 Å². The Morgan fingerprint density at radius 3 is 2.34 bits per heavy atom. The standard InChI is InChI=1S/C32H45ClN2O3/c1-31(2)23-35(24-31)32(3,26-16-18-27(33)19-17-26)30(36)38-29(25-12-7-4-5-8-13-25)22-34-20-11-21-37-28-14-9-6-10-15-28/h6,9-10,14-19,25,29,34H,4-5,7-8,11-13,20-24H2,1-3H3/t29-,32?/m0/s1. The third-order valence-electron chi connectivity index (χ3n) is 8.21. The summed E-state index contributed by atoms with van der Waals surface area (Å²) in [5.41, 5.74) is 0.290. The van der Waals surface area contributed by atoms with Crippen molar-refractivity contribution in [2.45, 2.75) is 77.4 Å². The molecule has 38 heavy (non-hydrogen) atoms. The Labute approximate surface area is 234 Å². The van der Waals surface area contributed by atoms with Crippen LogP contribution in [0.4, 0.5) is 0 Å². The van der Waals surface area contributed by atoms with Crippen LogP contribution in [-0.4, -0.2) is 49.8 Å². The summed E-state index contributed by atoms with van der Waals surface area (Å²) in [6.07, 6.45) is 7.94. The van der Waals surface area contributed by atoms with Gasteiger partial charge in [-0.1, -0.05) is 81.5 Å². The molecule has 1 aliphatic carbocycles. The van der Waals surface area contributed by atoms with E-state index < -0.39 is 5.54 Å². The molecule has 2 aromatic rings. The third kappa shape index (κ3) is 7.52. The highest BCUT2D eigenvalue weighted by Crippen LogP contribution is 2.42. The minimum atomic E-state index is -0.841. The van der Waals surface area contributed by atoms with Crippen molar-refractivity contribution >= 4 is 17.6 Å². The van der Waals surface area contributed by atoms with Crippen LogP contribution in [0, 0.1) is 11.3 Å². The summed E-state index contributed by atoms with van der Waals surface area (Å²) >= 11 is 6.20. The number of carbonyl (C=O) groups excluding carboxylic acids is 1. The van der Waals surface area contributed by atoms with Crippen LogP contribution in [0.25, 0.3) is 0 Å². The van der Waals surface area contributed by atoms with Crippen molar-refractivity contribution in [3.05, 3.63) is 65.2 Å². The molecule has 2 fully saturated rings. The second-order valence-corrected chi connectivity index (χ2v) is 12.5. The summed E-state index contributed by atoms with van der Waals surface area (Å²) in [5.74, 6) is 1.13. The summed E-state index contributed by atoms with van der Waals surface area (Å²) in [7, 11) is 0. The minimum absolute atomic E-state index is 0.142. The number of nitrogens with zero attached hydrogens (tertiary/aromatic N) is 1. The lowest BCUT2D eigenvalue weighted by molar-refractivity contribution is -0.175. The van der Waals surface area contributed by atoms with E-state index in [2.05, 4.69) is 24.1 Å². The van der Waals surface area contributed by atoms with Gasteiger partial charge in [-0.15, -0.1) is 0 Å². The van der Waals surface area contributed by atoms with Gasteiger partial charge in [-0.25, -0.2) is 4.79 Å². The van der Waals surface area contributed by atoms with Gasteiger partial charge in [0.25, 0.3) is 0 Å². The molecule has 2 aromatic carbocycles. The second-order valence-electron chi connectivity index (χ2n) is 12.0. The van der Waals surface area contributed by atoms with Gasteiger partial charge in [0, 0.05) is 24.7 Å². The van der Waals surface area contributed by atoms with Crippen molar-refractivity contribution in [2.24, 2.45) is 11.3 Å². The molecule has 1 saturated heterocycles. The summed E-state index contributed by atoms with van der Waals surface area (Å²) in [6.45, 7) is 10.4. The number of hydrogen-bond donors (Lipinski definition) is 1. The van der Waals surface area contributed by atoms with Gasteiger partial charge in [0.2, 0.25) is 0 Å². The molecular formula is C32H45ClN2O3. The molecule has 5 nitrogen and oxygen atoms in total. The molecule has 1 saturated carbocycles. The molecule has 1 heterocycles. The van der Waals surface area contributed by atoms with E-state index in [9.17, 15) is 4.79 Å². The van der Waals surface area contributed by atoms with Crippen LogP contribution in [0.15, 0.2) is 54.6 Å². The van der Waals surface area contributed by atoms with E-state index in [1.807, 2.05) is 61.5 Å². The van der Waals surface area contributed by atoms with E-state index in [0.29, 0.717) is 24.1 Å². The number of para-hydroxylation sites is 1. The number of likely N-dealkylation sites (tertiary alicyclic amines) is 1. The topological polar surface area (TPSA) is 50.8 Å². The number of nitrogens with one attached hydrogen (secondary N) is 1. The average Bonchev–Trinajstić information content (AvgIpc) is 3.18. The molecule has 1 aliphatic heterocycles. The van der Waals surface area contributed by atoms with Crippen LogP contribution in [0.2, 0.25) is 5.02 Å². The van der Waals surface area contributed by atoms with Gasteiger partial charge in [-0.05, 0) is 73.9 Å². The average molecular weight is 541 g/mol. The molecule has 1 unspecified atom stereocenters. The Balaban J connectivity index is 1.41. The molecule has 2 atom stereocenters. The SMILES string of the molecule is CC1(C)CN(C(C)(C(=O)O[C@@H](CNCCCOc2ccccc2)C2CCCCCC2)c2ccc(Cl)cc2)C1. The quantitative estimate of drug-likeness (QED) is 0.181. The van der Waals surface area contributed by atoms with Crippen LogP contribution in [-0.2, 0) is 15.1 Å². The molecule has 1 N–H and O–H groups in total. The zero-order chi connectivity index (χ0) is 27.0. The van der Waals surface area contributed by atoms with Gasteiger partial charge < -0.3 is 14.8 Å². The second kappa shape index (κ2) is 13.3. The first-order valence-electron chi connectivity index (χ1n) is 14.4.